The minimum Gasteiger partial charge on any atom is -0.492 e. The summed E-state index contributed by atoms with van der Waals surface area (Å²) in [5, 5.41) is 5.11. The lowest BCUT2D eigenvalue weighted by atomic mass is 10.0. The molecule has 6 nitrogen and oxygen atoms in total. The molecule has 5 rings (SSSR count). The van der Waals surface area contributed by atoms with E-state index >= 15 is 0 Å². The van der Waals surface area contributed by atoms with Gasteiger partial charge in [0.05, 0.1) is 28.5 Å². The fourth-order valence-corrected chi connectivity index (χ4v) is 4.90. The second kappa shape index (κ2) is 10.5. The van der Waals surface area contributed by atoms with Crippen molar-refractivity contribution in [2.24, 2.45) is 0 Å². The average molecular weight is 627 g/mol. The highest BCUT2D eigenvalue weighted by molar-refractivity contribution is 9.10. The largest absolute Gasteiger partial charge is 0.492 e. The van der Waals surface area contributed by atoms with Crippen LogP contribution in [-0.2, 0) is 6.42 Å². The smallest absolute Gasteiger partial charge is 0.194 e. The molecule has 0 bridgehead atoms. The van der Waals surface area contributed by atoms with Crippen molar-refractivity contribution in [2.75, 3.05) is 17.7 Å². The van der Waals surface area contributed by atoms with Crippen LogP contribution >= 0.6 is 31.9 Å². The number of Topliss-reactive ketones (excluding diaryl/α,β-unsaturated/α-hetero) is 1. The number of fused-ring (bicyclic) bond motifs is 1. The van der Waals surface area contributed by atoms with E-state index in [9.17, 15) is 9.18 Å². The molecule has 0 saturated carbocycles. The highest BCUT2D eigenvalue weighted by Crippen LogP contribution is 2.36. The zero-order valence-corrected chi connectivity index (χ0v) is 23.0. The molecule has 1 heterocycles. The molecule has 188 valence electrons. The number of ketones is 1. The molecule has 3 aromatic carbocycles. The molecule has 0 radical (unpaired) electrons. The first-order chi connectivity index (χ1) is 17.9. The Balaban J connectivity index is 1.37. The molecule has 0 aliphatic heterocycles. The molecule has 0 fully saturated rings. The topological polar surface area (TPSA) is 79.4 Å². The van der Waals surface area contributed by atoms with Crippen LogP contribution in [0.25, 0.3) is 11.8 Å². The average Bonchev–Trinajstić information content (AvgIpc) is 3.47. The molecular weight excluding hydrogens is 605 g/mol. The number of para-hydroxylation sites is 1. The lowest BCUT2D eigenvalue weighted by Gasteiger charge is -2.12. The quantitative estimate of drug-likeness (QED) is 0.167. The number of carbonyl (C=O) groups excluding carboxylic acids is 1. The third-order valence-corrected chi connectivity index (χ3v) is 6.99. The zero-order chi connectivity index (χ0) is 26.1. The number of anilines is 1. The van der Waals surface area contributed by atoms with Crippen LogP contribution in [0.3, 0.4) is 0 Å². The molecule has 1 aliphatic carbocycles. The second-order valence-corrected chi connectivity index (χ2v) is 10.2. The van der Waals surface area contributed by atoms with E-state index in [0.29, 0.717) is 35.6 Å². The molecule has 0 spiro atoms. The van der Waals surface area contributed by atoms with E-state index in [1.54, 1.807) is 36.4 Å². The Bertz CT molecular complexity index is 1550. The fourth-order valence-electron chi connectivity index (χ4n) is 4.23. The van der Waals surface area contributed by atoms with Gasteiger partial charge in [-0.1, -0.05) is 28.1 Å². The van der Waals surface area contributed by atoms with Crippen molar-refractivity contribution in [3.05, 3.63) is 98.9 Å². The second-order valence-electron chi connectivity index (χ2n) is 8.53. The number of hydrogen-bond acceptors (Lipinski definition) is 5. The van der Waals surface area contributed by atoms with Gasteiger partial charge >= 0.3 is 0 Å². The van der Waals surface area contributed by atoms with Gasteiger partial charge in [0.15, 0.2) is 17.3 Å². The number of carbonyl (C=O) groups is 1. The maximum absolute atomic E-state index is 14.0. The number of rotatable bonds is 8. The fraction of sp³-hybridized carbons (Fsp3) is 0.143. The first kappa shape index (κ1) is 25.2. The van der Waals surface area contributed by atoms with Crippen molar-refractivity contribution in [1.29, 1.82) is 0 Å². The molecule has 1 aliphatic rings. The zero-order valence-electron chi connectivity index (χ0n) is 19.8. The van der Waals surface area contributed by atoms with Crippen LogP contribution in [-0.4, -0.2) is 27.5 Å². The van der Waals surface area contributed by atoms with E-state index in [0.717, 1.165) is 32.2 Å². The van der Waals surface area contributed by atoms with Gasteiger partial charge in [0.2, 0.25) is 0 Å². The molecule has 1 aromatic heterocycles. The predicted molar refractivity (Wildman–Crippen MR) is 149 cm³/mol. The SMILES string of the molecule is Cc1cc(Oc2ccccc2F)ccc1-n1ncc(C(=O)C2=Cc3cc(OCCBr)c(Br)cc3C2)c1N. The number of aromatic nitrogens is 2. The van der Waals surface area contributed by atoms with Crippen LogP contribution in [0.5, 0.6) is 17.2 Å². The Morgan fingerprint density at radius 3 is 2.73 bits per heavy atom. The summed E-state index contributed by atoms with van der Waals surface area (Å²) in [6, 6.07) is 15.4. The van der Waals surface area contributed by atoms with Crippen LogP contribution in [0.2, 0.25) is 0 Å². The lowest BCUT2D eigenvalue weighted by Crippen LogP contribution is -2.09. The van der Waals surface area contributed by atoms with E-state index in [1.807, 2.05) is 25.1 Å². The maximum Gasteiger partial charge on any atom is 0.194 e. The van der Waals surface area contributed by atoms with Gasteiger partial charge in [-0.15, -0.1) is 0 Å². The Labute approximate surface area is 230 Å². The molecule has 0 atom stereocenters. The Morgan fingerprint density at radius 2 is 1.97 bits per heavy atom. The summed E-state index contributed by atoms with van der Waals surface area (Å²) in [6.45, 7) is 2.41. The minimum absolute atomic E-state index is 0.140. The van der Waals surface area contributed by atoms with Gasteiger partial charge in [-0.3, -0.25) is 4.79 Å². The van der Waals surface area contributed by atoms with E-state index in [2.05, 4.69) is 37.0 Å². The van der Waals surface area contributed by atoms with Crippen LogP contribution in [0.4, 0.5) is 10.2 Å². The molecule has 2 N–H and O–H groups in total. The Kier molecular flexibility index (Phi) is 7.17. The van der Waals surface area contributed by atoms with Gasteiger partial charge in [-0.2, -0.15) is 5.10 Å². The summed E-state index contributed by atoms with van der Waals surface area (Å²) in [7, 11) is 0. The van der Waals surface area contributed by atoms with Gasteiger partial charge in [-0.05, 0) is 88.1 Å². The van der Waals surface area contributed by atoms with Gasteiger partial charge in [0.25, 0.3) is 0 Å². The summed E-state index contributed by atoms with van der Waals surface area (Å²) in [5.41, 5.74) is 10.8. The summed E-state index contributed by atoms with van der Waals surface area (Å²) in [4.78, 5) is 13.4. The van der Waals surface area contributed by atoms with Crippen LogP contribution < -0.4 is 15.2 Å². The van der Waals surface area contributed by atoms with Gasteiger partial charge in [0.1, 0.15) is 17.3 Å². The Hall–Kier alpha value is -3.43. The number of allylic oxidation sites excluding steroid dienone is 1. The minimum atomic E-state index is -0.442. The number of nitrogen functional groups attached to an aromatic ring is 1. The monoisotopic (exact) mass is 625 g/mol. The number of benzene rings is 3. The van der Waals surface area contributed by atoms with Gasteiger partial charge in [0, 0.05) is 17.3 Å². The van der Waals surface area contributed by atoms with Crippen molar-refractivity contribution in [3.8, 4) is 22.9 Å². The van der Waals surface area contributed by atoms with E-state index in [4.69, 9.17) is 15.2 Å². The third kappa shape index (κ3) is 5.06. The number of nitrogens with two attached hydrogens (primary N) is 1. The van der Waals surface area contributed by atoms with Crippen molar-refractivity contribution in [1.82, 2.24) is 9.78 Å². The van der Waals surface area contributed by atoms with E-state index < -0.39 is 5.82 Å². The Morgan fingerprint density at radius 1 is 1.16 bits per heavy atom. The lowest BCUT2D eigenvalue weighted by molar-refractivity contribution is 0.103. The predicted octanol–water partition coefficient (Wildman–Crippen LogP) is 7.05. The third-order valence-electron chi connectivity index (χ3n) is 6.04. The van der Waals surface area contributed by atoms with Crippen molar-refractivity contribution in [3.63, 3.8) is 0 Å². The highest BCUT2D eigenvalue weighted by Gasteiger charge is 2.25. The van der Waals surface area contributed by atoms with Crippen LogP contribution in [0.15, 0.2) is 70.8 Å². The van der Waals surface area contributed by atoms with E-state index in [-0.39, 0.29) is 17.4 Å². The first-order valence-corrected chi connectivity index (χ1v) is 13.4. The molecule has 9 heteroatoms. The van der Waals surface area contributed by atoms with Crippen LogP contribution in [0, 0.1) is 12.7 Å². The van der Waals surface area contributed by atoms with Crippen LogP contribution in [0.1, 0.15) is 27.0 Å². The highest BCUT2D eigenvalue weighted by atomic mass is 79.9. The normalized spacial score (nSPS) is 12.3. The molecule has 0 amide bonds. The first-order valence-electron chi connectivity index (χ1n) is 11.5. The molecule has 4 aromatic rings. The van der Waals surface area contributed by atoms with E-state index in [1.165, 1.54) is 16.9 Å². The number of halogens is 3. The van der Waals surface area contributed by atoms with Crippen molar-refractivity contribution < 1.29 is 18.7 Å². The molecule has 0 unspecified atom stereocenters. The summed E-state index contributed by atoms with van der Waals surface area (Å²) in [5.74, 6) is 0.982. The number of alkyl halides is 1. The molecule has 0 saturated heterocycles. The number of nitrogens with zero attached hydrogens (tertiary/aromatic N) is 2. The number of ether oxygens (including phenoxy) is 2. The van der Waals surface area contributed by atoms with Gasteiger partial charge < -0.3 is 15.2 Å². The summed E-state index contributed by atoms with van der Waals surface area (Å²) < 4.78 is 27.8. The van der Waals surface area contributed by atoms with Crippen molar-refractivity contribution >= 4 is 49.5 Å². The summed E-state index contributed by atoms with van der Waals surface area (Å²) in [6.07, 6.45) is 3.87. The number of hydrogen-bond donors (Lipinski definition) is 1. The summed E-state index contributed by atoms with van der Waals surface area (Å²) >= 11 is 6.91. The maximum atomic E-state index is 14.0. The standard InChI is InChI=1S/C28H22Br2FN3O3/c1-16-10-20(37-25-5-3-2-4-23(25)31)6-7-24(16)34-28(32)21(15-33-34)27(35)19-11-17-13-22(30)26(36-9-8-29)14-18(17)12-19/h2-7,10,12-15H,8-9,11,32H2,1H3. The number of aryl methyl sites for hydroxylation is 1. The van der Waals surface area contributed by atoms with Crippen molar-refractivity contribution in [2.45, 2.75) is 13.3 Å². The molecular formula is C28H22Br2FN3O3. The van der Waals surface area contributed by atoms with Gasteiger partial charge in [-0.25, -0.2) is 9.07 Å². The molecule has 37 heavy (non-hydrogen) atoms.